The van der Waals surface area contributed by atoms with Gasteiger partial charge in [0.25, 0.3) is 5.69 Å². The van der Waals surface area contributed by atoms with Crippen LogP contribution in [0.4, 0.5) is 23.1 Å². The maximum atomic E-state index is 10.9. The fraction of sp³-hybridized carbons (Fsp3) is 0.348. The summed E-state index contributed by atoms with van der Waals surface area (Å²) >= 11 is 11.6. The summed E-state index contributed by atoms with van der Waals surface area (Å²) in [7, 11) is 3.96. The van der Waals surface area contributed by atoms with Gasteiger partial charge in [0.1, 0.15) is 5.82 Å². The van der Waals surface area contributed by atoms with Gasteiger partial charge >= 0.3 is 0 Å². The number of hydrogen-bond acceptors (Lipinski definition) is 7. The number of fused-ring (bicyclic) bond motifs is 1. The molecule has 0 unspecified atom stereocenters. The molecule has 1 aliphatic carbocycles. The first-order valence-corrected chi connectivity index (χ1v) is 11.8. The standard InChI is InChI=1S/C23H26ClN7O2S/c1-30(2)21-17-5-3-4-6-19(17)27-22(29-21)25-14-7-9-15(10-8-14)26-23(34)28-20-12-11-16(31(32)33)13-18(20)24/h3-6,11-15H,7-10H2,1-2H3,(H,25,27,29)(H2,26,28,34). The van der Waals surface area contributed by atoms with Crippen LogP contribution in [0.25, 0.3) is 10.9 Å². The number of hydrogen-bond donors (Lipinski definition) is 3. The van der Waals surface area contributed by atoms with Gasteiger partial charge in [0.2, 0.25) is 5.95 Å². The maximum absolute atomic E-state index is 10.9. The molecule has 0 spiro atoms. The van der Waals surface area contributed by atoms with E-state index in [1.807, 2.05) is 43.3 Å². The van der Waals surface area contributed by atoms with E-state index < -0.39 is 4.92 Å². The van der Waals surface area contributed by atoms with Crippen molar-refractivity contribution in [3.8, 4) is 0 Å². The number of halogens is 1. The lowest BCUT2D eigenvalue weighted by Gasteiger charge is -2.30. The maximum Gasteiger partial charge on any atom is 0.271 e. The van der Waals surface area contributed by atoms with Crippen molar-refractivity contribution in [2.75, 3.05) is 29.6 Å². The van der Waals surface area contributed by atoms with Crippen molar-refractivity contribution in [2.24, 2.45) is 0 Å². The predicted molar refractivity (Wildman–Crippen MR) is 141 cm³/mol. The van der Waals surface area contributed by atoms with E-state index in [0.717, 1.165) is 42.4 Å². The van der Waals surface area contributed by atoms with Gasteiger partial charge in [-0.15, -0.1) is 0 Å². The molecule has 9 nitrogen and oxygen atoms in total. The lowest BCUT2D eigenvalue weighted by Crippen LogP contribution is -2.42. The van der Waals surface area contributed by atoms with Crippen LogP contribution in [0.3, 0.4) is 0 Å². The second kappa shape index (κ2) is 10.4. The zero-order valence-electron chi connectivity index (χ0n) is 18.9. The van der Waals surface area contributed by atoms with E-state index in [9.17, 15) is 10.1 Å². The molecular weight excluding hydrogens is 474 g/mol. The molecule has 178 valence electrons. The summed E-state index contributed by atoms with van der Waals surface area (Å²) in [6.07, 6.45) is 3.77. The highest BCUT2D eigenvalue weighted by molar-refractivity contribution is 7.80. The third-order valence-corrected chi connectivity index (χ3v) is 6.35. The first kappa shape index (κ1) is 23.9. The molecule has 1 aliphatic rings. The van der Waals surface area contributed by atoms with E-state index in [1.54, 1.807) is 6.07 Å². The number of benzene rings is 2. The van der Waals surface area contributed by atoms with E-state index in [1.165, 1.54) is 12.1 Å². The Kier molecular flexibility index (Phi) is 7.28. The molecule has 3 aromatic rings. The van der Waals surface area contributed by atoms with Gasteiger partial charge in [-0.1, -0.05) is 23.7 Å². The Morgan fingerprint density at radius 3 is 2.50 bits per heavy atom. The highest BCUT2D eigenvalue weighted by Gasteiger charge is 2.23. The third kappa shape index (κ3) is 5.63. The smallest absolute Gasteiger partial charge is 0.271 e. The van der Waals surface area contributed by atoms with Gasteiger partial charge < -0.3 is 20.9 Å². The Balaban J connectivity index is 1.32. The molecule has 0 aliphatic heterocycles. The Morgan fingerprint density at radius 1 is 1.12 bits per heavy atom. The van der Waals surface area contributed by atoms with E-state index in [2.05, 4.69) is 16.0 Å². The fourth-order valence-electron chi connectivity index (χ4n) is 4.09. The van der Waals surface area contributed by atoms with E-state index >= 15 is 0 Å². The van der Waals surface area contributed by atoms with Crippen molar-refractivity contribution in [1.82, 2.24) is 15.3 Å². The molecule has 3 N–H and O–H groups in total. The zero-order chi connectivity index (χ0) is 24.2. The molecule has 11 heteroatoms. The molecule has 0 bridgehead atoms. The average Bonchev–Trinajstić information content (AvgIpc) is 2.81. The summed E-state index contributed by atoms with van der Waals surface area (Å²) in [5.74, 6) is 1.54. The van der Waals surface area contributed by atoms with Crippen molar-refractivity contribution in [3.05, 3.63) is 57.6 Å². The summed E-state index contributed by atoms with van der Waals surface area (Å²) in [6, 6.07) is 12.8. The predicted octanol–water partition coefficient (Wildman–Crippen LogP) is 4.97. The number of nitrogens with zero attached hydrogens (tertiary/aromatic N) is 4. The Labute approximate surface area is 208 Å². The van der Waals surface area contributed by atoms with Crippen LogP contribution in [0.1, 0.15) is 25.7 Å². The highest BCUT2D eigenvalue weighted by Crippen LogP contribution is 2.28. The molecule has 1 saturated carbocycles. The molecule has 1 aromatic heterocycles. The largest absolute Gasteiger partial charge is 0.362 e. The van der Waals surface area contributed by atoms with Crippen molar-refractivity contribution in [2.45, 2.75) is 37.8 Å². The molecule has 2 aromatic carbocycles. The number of para-hydroxylation sites is 1. The Bertz CT molecular complexity index is 1220. The second-order valence-corrected chi connectivity index (χ2v) is 9.31. The minimum Gasteiger partial charge on any atom is -0.362 e. The van der Waals surface area contributed by atoms with Gasteiger partial charge in [0, 0.05) is 43.7 Å². The molecule has 1 fully saturated rings. The van der Waals surface area contributed by atoms with E-state index in [0.29, 0.717) is 16.7 Å². The van der Waals surface area contributed by atoms with Gasteiger partial charge in [0.05, 0.1) is 21.2 Å². The monoisotopic (exact) mass is 499 g/mol. The minimum absolute atomic E-state index is 0.0617. The lowest BCUT2D eigenvalue weighted by atomic mass is 9.91. The van der Waals surface area contributed by atoms with Crippen molar-refractivity contribution in [1.29, 1.82) is 0 Å². The van der Waals surface area contributed by atoms with Gasteiger partial charge in [-0.3, -0.25) is 10.1 Å². The zero-order valence-corrected chi connectivity index (χ0v) is 20.5. The third-order valence-electron chi connectivity index (χ3n) is 5.81. The number of thiocarbonyl (C=S) groups is 1. The number of nitro benzene ring substituents is 1. The summed E-state index contributed by atoms with van der Waals surface area (Å²) in [5, 5.41) is 22.5. The quantitative estimate of drug-likeness (QED) is 0.246. The highest BCUT2D eigenvalue weighted by atomic mass is 35.5. The first-order chi connectivity index (χ1) is 16.3. The number of anilines is 3. The van der Waals surface area contributed by atoms with Crippen molar-refractivity contribution >= 4 is 63.0 Å². The normalized spacial score (nSPS) is 17.7. The number of aromatic nitrogens is 2. The number of nitro groups is 1. The van der Waals surface area contributed by atoms with Crippen LogP contribution in [-0.4, -0.2) is 46.2 Å². The van der Waals surface area contributed by atoms with Crippen LogP contribution in [-0.2, 0) is 0 Å². The van der Waals surface area contributed by atoms with Gasteiger partial charge in [-0.2, -0.15) is 4.98 Å². The summed E-state index contributed by atoms with van der Waals surface area (Å²) < 4.78 is 0. The second-order valence-electron chi connectivity index (χ2n) is 8.50. The molecule has 0 atom stereocenters. The SMILES string of the molecule is CN(C)c1nc(NC2CCC(NC(=S)Nc3ccc([N+](=O)[O-])cc3Cl)CC2)nc2ccccc12. The summed E-state index contributed by atoms with van der Waals surface area (Å²) in [4.78, 5) is 21.8. The number of nitrogens with one attached hydrogen (secondary N) is 3. The Hall–Kier alpha value is -3.24. The van der Waals surface area contributed by atoms with Gasteiger partial charge in [-0.25, -0.2) is 4.98 Å². The van der Waals surface area contributed by atoms with Crippen LogP contribution in [0.5, 0.6) is 0 Å². The van der Waals surface area contributed by atoms with Gasteiger partial charge in [-0.05, 0) is 56.1 Å². The molecule has 1 heterocycles. The lowest BCUT2D eigenvalue weighted by molar-refractivity contribution is -0.384. The van der Waals surface area contributed by atoms with Crippen LogP contribution >= 0.6 is 23.8 Å². The Morgan fingerprint density at radius 2 is 1.82 bits per heavy atom. The van der Waals surface area contributed by atoms with Gasteiger partial charge in [0.15, 0.2) is 5.11 Å². The van der Waals surface area contributed by atoms with E-state index in [-0.39, 0.29) is 22.8 Å². The summed E-state index contributed by atoms with van der Waals surface area (Å²) in [5.41, 5.74) is 1.39. The molecule has 0 saturated heterocycles. The van der Waals surface area contributed by atoms with Crippen LogP contribution in [0, 0.1) is 10.1 Å². The van der Waals surface area contributed by atoms with Crippen molar-refractivity contribution in [3.63, 3.8) is 0 Å². The van der Waals surface area contributed by atoms with Crippen molar-refractivity contribution < 1.29 is 4.92 Å². The topological polar surface area (TPSA) is 108 Å². The number of rotatable bonds is 6. The van der Waals surface area contributed by atoms with Crippen LogP contribution < -0.4 is 20.9 Å². The molecule has 34 heavy (non-hydrogen) atoms. The molecular formula is C23H26ClN7O2S. The average molecular weight is 500 g/mol. The molecule has 0 radical (unpaired) electrons. The minimum atomic E-state index is -0.483. The first-order valence-electron chi connectivity index (χ1n) is 11.0. The fourth-order valence-corrected chi connectivity index (χ4v) is 4.59. The summed E-state index contributed by atoms with van der Waals surface area (Å²) in [6.45, 7) is 0. The molecule has 4 rings (SSSR count). The van der Waals surface area contributed by atoms with Crippen LogP contribution in [0.2, 0.25) is 5.02 Å². The van der Waals surface area contributed by atoms with E-state index in [4.69, 9.17) is 33.8 Å². The molecule has 0 amide bonds. The van der Waals surface area contributed by atoms with Crippen LogP contribution in [0.15, 0.2) is 42.5 Å². The number of non-ortho nitro benzene ring substituents is 1.